The fourth-order valence-electron chi connectivity index (χ4n) is 4.69. The van der Waals surface area contributed by atoms with Crippen molar-refractivity contribution < 1.29 is 19.1 Å². The molecule has 5 rings (SSSR count). The number of aromatic nitrogens is 2. The molecule has 1 saturated heterocycles. The van der Waals surface area contributed by atoms with E-state index in [4.69, 9.17) is 14.5 Å². The van der Waals surface area contributed by atoms with E-state index in [-0.39, 0.29) is 11.1 Å². The summed E-state index contributed by atoms with van der Waals surface area (Å²) in [6.07, 6.45) is 3.78. The van der Waals surface area contributed by atoms with E-state index in [1.54, 1.807) is 34.9 Å². The number of carbonyl (C=O) groups is 2. The number of fused-ring (bicyclic) bond motifs is 2. The molecule has 1 fully saturated rings. The summed E-state index contributed by atoms with van der Waals surface area (Å²) in [5.74, 6) is -0.163. The lowest BCUT2D eigenvalue weighted by molar-refractivity contribution is 0.0602. The molecule has 35 heavy (non-hydrogen) atoms. The topological polar surface area (TPSA) is 103 Å². The monoisotopic (exact) mass is 476 g/mol. The number of hydrogen-bond donors (Lipinski definition) is 1. The molecule has 182 valence electrons. The summed E-state index contributed by atoms with van der Waals surface area (Å²) in [5.41, 5.74) is 2.29. The number of rotatable bonds is 4. The van der Waals surface area contributed by atoms with Crippen LogP contribution in [0.15, 0.2) is 41.2 Å². The highest BCUT2D eigenvalue weighted by atomic mass is 16.5. The summed E-state index contributed by atoms with van der Waals surface area (Å²) >= 11 is 0. The lowest BCUT2D eigenvalue weighted by Crippen LogP contribution is -2.36. The first-order valence-electron chi connectivity index (χ1n) is 11.9. The van der Waals surface area contributed by atoms with Gasteiger partial charge in [-0.15, -0.1) is 0 Å². The fourth-order valence-corrected chi connectivity index (χ4v) is 4.69. The molecule has 0 bridgehead atoms. The molecule has 3 heterocycles. The Hall–Kier alpha value is -3.72. The van der Waals surface area contributed by atoms with Crippen LogP contribution in [0.3, 0.4) is 0 Å². The molecule has 0 aliphatic carbocycles. The minimum absolute atomic E-state index is 0.0643. The fraction of sp³-hybridized carbons (Fsp3) is 0.385. The number of nitrogens with one attached hydrogen (secondary N) is 1. The van der Waals surface area contributed by atoms with Gasteiger partial charge in [0, 0.05) is 37.3 Å². The van der Waals surface area contributed by atoms with Gasteiger partial charge in [-0.1, -0.05) is 6.42 Å². The zero-order valence-electron chi connectivity index (χ0n) is 19.7. The quantitative estimate of drug-likeness (QED) is 0.578. The highest BCUT2D eigenvalue weighted by Crippen LogP contribution is 2.26. The van der Waals surface area contributed by atoms with Gasteiger partial charge in [-0.25, -0.2) is 9.78 Å². The average Bonchev–Trinajstić information content (AvgIpc) is 3.14. The first-order valence-corrected chi connectivity index (χ1v) is 11.9. The van der Waals surface area contributed by atoms with Gasteiger partial charge in [-0.2, -0.15) is 0 Å². The Morgan fingerprint density at radius 3 is 2.66 bits per heavy atom. The number of hydrogen-bond acceptors (Lipinski definition) is 7. The average molecular weight is 477 g/mol. The highest BCUT2D eigenvalue weighted by molar-refractivity contribution is 6.09. The number of aryl methyl sites for hydroxylation is 1. The molecule has 9 nitrogen and oxygen atoms in total. The first kappa shape index (κ1) is 23.0. The van der Waals surface area contributed by atoms with Crippen LogP contribution in [-0.2, 0) is 22.4 Å². The van der Waals surface area contributed by atoms with Crippen LogP contribution in [0.4, 0.5) is 11.4 Å². The molecular weight excluding hydrogens is 448 g/mol. The summed E-state index contributed by atoms with van der Waals surface area (Å²) in [6, 6.07) is 10.2. The maximum absolute atomic E-state index is 13.1. The number of methoxy groups -OCH3 is 1. The number of nitrogens with zero attached hydrogens (tertiary/aromatic N) is 3. The number of morpholine rings is 1. The Morgan fingerprint density at radius 1 is 1.03 bits per heavy atom. The molecule has 2 aliphatic heterocycles. The Bertz CT molecular complexity index is 1340. The van der Waals surface area contributed by atoms with Crippen molar-refractivity contribution in [3.63, 3.8) is 0 Å². The summed E-state index contributed by atoms with van der Waals surface area (Å²) in [5, 5.41) is 3.33. The largest absolute Gasteiger partial charge is 0.465 e. The van der Waals surface area contributed by atoms with E-state index in [1.807, 2.05) is 6.07 Å². The molecule has 2 aliphatic rings. The van der Waals surface area contributed by atoms with Gasteiger partial charge in [-0.3, -0.25) is 14.2 Å². The number of anilines is 2. The molecule has 0 saturated carbocycles. The van der Waals surface area contributed by atoms with Gasteiger partial charge in [0.2, 0.25) is 0 Å². The standard InChI is InChI=1S/C26H28N4O5/c1-34-26(33)20-16-18(29-11-13-35-14-12-29)7-9-21(20)28-24(31)17-6-8-19-22(15-17)27-23-5-3-2-4-10-30(23)25(19)32/h6-9,15-16H,2-5,10-14H2,1H3,(H,28,31). The lowest BCUT2D eigenvalue weighted by Gasteiger charge is -2.29. The predicted octanol–water partition coefficient (Wildman–Crippen LogP) is 3.00. The minimum atomic E-state index is -0.536. The second kappa shape index (κ2) is 9.87. The third-order valence-corrected chi connectivity index (χ3v) is 6.61. The maximum Gasteiger partial charge on any atom is 0.340 e. The van der Waals surface area contributed by atoms with Gasteiger partial charge in [-0.05, 0) is 49.2 Å². The van der Waals surface area contributed by atoms with Crippen molar-refractivity contribution in [2.24, 2.45) is 0 Å². The molecule has 2 aromatic carbocycles. The van der Waals surface area contributed by atoms with Crippen molar-refractivity contribution in [3.05, 3.63) is 63.7 Å². The van der Waals surface area contributed by atoms with Crippen LogP contribution in [-0.4, -0.2) is 54.8 Å². The zero-order chi connectivity index (χ0) is 24.4. The molecule has 9 heteroatoms. The van der Waals surface area contributed by atoms with E-state index in [2.05, 4.69) is 10.2 Å². The van der Waals surface area contributed by atoms with Gasteiger partial charge >= 0.3 is 5.97 Å². The summed E-state index contributed by atoms with van der Waals surface area (Å²) in [6.45, 7) is 3.36. The van der Waals surface area contributed by atoms with Gasteiger partial charge in [0.15, 0.2) is 0 Å². The lowest BCUT2D eigenvalue weighted by atomic mass is 10.1. The normalized spacial score (nSPS) is 15.9. The van der Waals surface area contributed by atoms with E-state index in [0.29, 0.717) is 41.9 Å². The van der Waals surface area contributed by atoms with Crippen molar-refractivity contribution in [3.8, 4) is 0 Å². The summed E-state index contributed by atoms with van der Waals surface area (Å²) in [7, 11) is 1.31. The van der Waals surface area contributed by atoms with Crippen LogP contribution in [0.1, 0.15) is 45.8 Å². The third kappa shape index (κ3) is 4.64. The molecule has 0 unspecified atom stereocenters. The zero-order valence-corrected chi connectivity index (χ0v) is 19.7. The van der Waals surface area contributed by atoms with E-state index < -0.39 is 11.9 Å². The first-order chi connectivity index (χ1) is 17.0. The van der Waals surface area contributed by atoms with E-state index in [1.165, 1.54) is 7.11 Å². The number of benzene rings is 2. The van der Waals surface area contributed by atoms with Crippen molar-refractivity contribution in [1.82, 2.24) is 9.55 Å². The Balaban J connectivity index is 1.45. The number of carbonyl (C=O) groups excluding carboxylic acids is 2. The Morgan fingerprint density at radius 2 is 1.86 bits per heavy atom. The molecule has 3 aromatic rings. The van der Waals surface area contributed by atoms with Crippen LogP contribution in [0.5, 0.6) is 0 Å². The smallest absolute Gasteiger partial charge is 0.340 e. The van der Waals surface area contributed by atoms with Crippen LogP contribution in [0.2, 0.25) is 0 Å². The highest BCUT2D eigenvalue weighted by Gasteiger charge is 2.20. The van der Waals surface area contributed by atoms with Crippen molar-refractivity contribution >= 4 is 34.2 Å². The number of amides is 1. The SMILES string of the molecule is COC(=O)c1cc(N2CCOCC2)ccc1NC(=O)c1ccc2c(=O)n3c(nc2c1)CCCCC3. The predicted molar refractivity (Wildman–Crippen MR) is 132 cm³/mol. The van der Waals surface area contributed by atoms with Crippen LogP contribution in [0, 0.1) is 0 Å². The van der Waals surface area contributed by atoms with Crippen molar-refractivity contribution in [2.45, 2.75) is 32.2 Å². The minimum Gasteiger partial charge on any atom is -0.465 e. The van der Waals surface area contributed by atoms with Crippen molar-refractivity contribution in [2.75, 3.05) is 43.6 Å². The number of esters is 1. The second-order valence-electron chi connectivity index (χ2n) is 8.80. The summed E-state index contributed by atoms with van der Waals surface area (Å²) in [4.78, 5) is 45.4. The maximum atomic E-state index is 13.1. The van der Waals surface area contributed by atoms with Gasteiger partial charge < -0.3 is 19.7 Å². The molecule has 1 amide bonds. The molecule has 0 atom stereocenters. The van der Waals surface area contributed by atoms with Gasteiger partial charge in [0.1, 0.15) is 5.82 Å². The van der Waals surface area contributed by atoms with Crippen molar-refractivity contribution in [1.29, 1.82) is 0 Å². The molecule has 1 N–H and O–H groups in total. The molecule has 1 aromatic heterocycles. The van der Waals surface area contributed by atoms with Gasteiger partial charge in [0.25, 0.3) is 11.5 Å². The van der Waals surface area contributed by atoms with Crippen LogP contribution in [0.25, 0.3) is 10.9 Å². The Labute approximate surface area is 202 Å². The van der Waals surface area contributed by atoms with Crippen LogP contribution >= 0.6 is 0 Å². The Kier molecular flexibility index (Phi) is 6.50. The molecular formula is C26H28N4O5. The second-order valence-corrected chi connectivity index (χ2v) is 8.80. The number of ether oxygens (including phenoxy) is 2. The van der Waals surface area contributed by atoms with Gasteiger partial charge in [0.05, 0.1) is 42.5 Å². The van der Waals surface area contributed by atoms with E-state index in [9.17, 15) is 14.4 Å². The third-order valence-electron chi connectivity index (χ3n) is 6.61. The molecule has 0 spiro atoms. The summed E-state index contributed by atoms with van der Waals surface area (Å²) < 4.78 is 12.1. The molecule has 0 radical (unpaired) electrons. The van der Waals surface area contributed by atoms with Crippen LogP contribution < -0.4 is 15.8 Å². The van der Waals surface area contributed by atoms with E-state index >= 15 is 0 Å². The van der Waals surface area contributed by atoms with E-state index in [0.717, 1.165) is 50.3 Å².